The quantitative estimate of drug-likeness (QED) is 0.503. The zero-order chi connectivity index (χ0) is 21.6. The van der Waals surface area contributed by atoms with Crippen LogP contribution in [0.25, 0.3) is 0 Å². The summed E-state index contributed by atoms with van der Waals surface area (Å²) in [5.74, 6) is -0.487. The maximum atomic E-state index is 13.0. The molecule has 0 fully saturated rings. The molecule has 0 unspecified atom stereocenters. The summed E-state index contributed by atoms with van der Waals surface area (Å²) < 4.78 is 10.2. The number of hydrogen-bond acceptors (Lipinski definition) is 5. The van der Waals surface area contributed by atoms with Crippen LogP contribution in [0.4, 0.5) is 10.5 Å². The van der Waals surface area contributed by atoms with Crippen molar-refractivity contribution in [3.63, 3.8) is 0 Å². The molecule has 2 N–H and O–H groups in total. The van der Waals surface area contributed by atoms with Crippen molar-refractivity contribution < 1.29 is 19.1 Å². The van der Waals surface area contributed by atoms with Gasteiger partial charge in [0.1, 0.15) is 12.6 Å². The van der Waals surface area contributed by atoms with E-state index in [-0.39, 0.29) is 12.6 Å². The first-order valence-corrected chi connectivity index (χ1v) is 10.9. The van der Waals surface area contributed by atoms with E-state index in [1.165, 1.54) is 22.3 Å². The lowest BCUT2D eigenvalue weighted by atomic mass is 9.99. The highest BCUT2D eigenvalue weighted by Crippen LogP contribution is 2.38. The summed E-state index contributed by atoms with van der Waals surface area (Å²) in [5, 5.41) is 5.91. The molecular formula is C24H29N3O4. The molecule has 1 aromatic carbocycles. The van der Waals surface area contributed by atoms with Crippen LogP contribution in [0.2, 0.25) is 0 Å². The minimum absolute atomic E-state index is 0.141. The largest absolute Gasteiger partial charge is 0.462 e. The lowest BCUT2D eigenvalue weighted by Crippen LogP contribution is -2.45. The first-order chi connectivity index (χ1) is 15.2. The highest BCUT2D eigenvalue weighted by Gasteiger charge is 2.27. The van der Waals surface area contributed by atoms with E-state index in [0.717, 1.165) is 49.8 Å². The Hall–Kier alpha value is -2.93. The monoisotopic (exact) mass is 423 g/mol. The van der Waals surface area contributed by atoms with Gasteiger partial charge in [-0.25, -0.2) is 9.59 Å². The lowest BCUT2D eigenvalue weighted by Gasteiger charge is -2.20. The molecule has 2 aliphatic rings. The molecule has 2 amide bonds. The minimum atomic E-state index is -0.814. The molecule has 1 aromatic heterocycles. The van der Waals surface area contributed by atoms with Crippen LogP contribution < -0.4 is 10.6 Å². The van der Waals surface area contributed by atoms with Gasteiger partial charge in [0.15, 0.2) is 0 Å². The number of urea groups is 1. The predicted molar refractivity (Wildman–Crippen MR) is 117 cm³/mol. The third-order valence-electron chi connectivity index (χ3n) is 6.00. The molecule has 2 aromatic rings. The number of ether oxygens (including phenoxy) is 2. The molecule has 164 valence electrons. The minimum Gasteiger partial charge on any atom is -0.462 e. The lowest BCUT2D eigenvalue weighted by molar-refractivity contribution is -0.147. The fraction of sp³-hybridized carbons (Fsp3) is 0.458. The third kappa shape index (κ3) is 5.05. The zero-order valence-corrected chi connectivity index (χ0v) is 17.9. The number of pyridine rings is 1. The molecule has 0 aliphatic heterocycles. The molecule has 1 atom stereocenters. The van der Waals surface area contributed by atoms with Crippen LogP contribution in [0.3, 0.4) is 0 Å². The van der Waals surface area contributed by atoms with Crippen molar-refractivity contribution in [3.8, 4) is 0 Å². The Morgan fingerprint density at radius 2 is 1.84 bits per heavy atom. The first-order valence-electron chi connectivity index (χ1n) is 10.9. The van der Waals surface area contributed by atoms with Crippen LogP contribution in [0.5, 0.6) is 0 Å². The van der Waals surface area contributed by atoms with Crippen molar-refractivity contribution in [2.45, 2.75) is 51.0 Å². The SMILES string of the molecule is COCCOC(=O)[C@@H](Cc1cccnc1)NC(=O)Nc1c2c(cc3c1CCC3)CCC2. The normalized spacial score (nSPS) is 15.1. The standard InChI is InChI=1S/C24H29N3O4/c1-30-11-12-31-23(28)21(13-16-5-4-10-25-15-16)26-24(29)27-22-19-8-2-6-17(19)14-18-7-3-9-20(18)22/h4-5,10,14-15,21H,2-3,6-9,11-13H2,1H3,(H2,26,27,29)/t21-/m1/s1. The van der Waals surface area contributed by atoms with Crippen LogP contribution in [-0.4, -0.2) is 43.3 Å². The smallest absolute Gasteiger partial charge is 0.329 e. The van der Waals surface area contributed by atoms with Crippen molar-refractivity contribution in [2.75, 3.05) is 25.6 Å². The molecule has 1 heterocycles. The van der Waals surface area contributed by atoms with Gasteiger partial charge < -0.3 is 20.1 Å². The van der Waals surface area contributed by atoms with Crippen molar-refractivity contribution in [1.29, 1.82) is 0 Å². The summed E-state index contributed by atoms with van der Waals surface area (Å²) in [7, 11) is 1.55. The van der Waals surface area contributed by atoms with Crippen LogP contribution in [0.1, 0.15) is 40.7 Å². The molecular weight excluding hydrogens is 394 g/mol. The Labute approximate surface area is 182 Å². The molecule has 7 nitrogen and oxygen atoms in total. The number of carbonyl (C=O) groups excluding carboxylic acids is 2. The number of nitrogens with zero attached hydrogens (tertiary/aromatic N) is 1. The van der Waals surface area contributed by atoms with Gasteiger partial charge in [0.2, 0.25) is 0 Å². The number of amides is 2. The Morgan fingerprint density at radius 3 is 2.48 bits per heavy atom. The summed E-state index contributed by atoms with van der Waals surface area (Å²) in [6.45, 7) is 0.446. The second-order valence-corrected chi connectivity index (χ2v) is 8.11. The summed E-state index contributed by atoms with van der Waals surface area (Å²) in [6.07, 6.45) is 9.99. The van der Waals surface area contributed by atoms with Gasteiger partial charge in [-0.05, 0) is 72.4 Å². The summed E-state index contributed by atoms with van der Waals surface area (Å²) in [5.41, 5.74) is 7.00. The average Bonchev–Trinajstić information content (AvgIpc) is 3.43. The van der Waals surface area contributed by atoms with Gasteiger partial charge >= 0.3 is 12.0 Å². The van der Waals surface area contributed by atoms with Crippen molar-refractivity contribution in [3.05, 3.63) is 58.4 Å². The van der Waals surface area contributed by atoms with E-state index in [4.69, 9.17) is 9.47 Å². The third-order valence-corrected chi connectivity index (χ3v) is 6.00. The van der Waals surface area contributed by atoms with Gasteiger partial charge in [-0.1, -0.05) is 12.1 Å². The number of fused-ring (bicyclic) bond motifs is 2. The molecule has 0 radical (unpaired) electrons. The van der Waals surface area contributed by atoms with Crippen molar-refractivity contribution >= 4 is 17.7 Å². The van der Waals surface area contributed by atoms with Gasteiger partial charge in [0.25, 0.3) is 0 Å². The van der Waals surface area contributed by atoms with Crippen molar-refractivity contribution in [1.82, 2.24) is 10.3 Å². The molecule has 0 spiro atoms. The van der Waals surface area contributed by atoms with Crippen LogP contribution in [-0.2, 0) is 46.4 Å². The fourth-order valence-electron chi connectivity index (χ4n) is 4.55. The van der Waals surface area contributed by atoms with Crippen LogP contribution in [0, 0.1) is 0 Å². The van der Waals surface area contributed by atoms with E-state index < -0.39 is 12.0 Å². The van der Waals surface area contributed by atoms with Gasteiger partial charge in [-0.2, -0.15) is 0 Å². The number of anilines is 1. The van der Waals surface area contributed by atoms with Crippen LogP contribution >= 0.6 is 0 Å². The first kappa shape index (κ1) is 21.3. The molecule has 0 saturated heterocycles. The van der Waals surface area contributed by atoms with Gasteiger partial charge in [0.05, 0.1) is 6.61 Å². The van der Waals surface area contributed by atoms with E-state index >= 15 is 0 Å². The summed E-state index contributed by atoms with van der Waals surface area (Å²) >= 11 is 0. The van der Waals surface area contributed by atoms with Gasteiger partial charge in [-0.3, -0.25) is 4.98 Å². The highest BCUT2D eigenvalue weighted by molar-refractivity contribution is 5.94. The highest BCUT2D eigenvalue weighted by atomic mass is 16.6. The van der Waals surface area contributed by atoms with Gasteiger partial charge in [-0.15, -0.1) is 0 Å². The molecule has 0 bridgehead atoms. The Morgan fingerprint density at radius 1 is 1.10 bits per heavy atom. The van der Waals surface area contributed by atoms with E-state index in [2.05, 4.69) is 21.7 Å². The number of rotatable bonds is 8. The number of nitrogens with one attached hydrogen (secondary N) is 2. The number of aryl methyl sites for hydroxylation is 2. The average molecular weight is 424 g/mol. The predicted octanol–water partition coefficient (Wildman–Crippen LogP) is 2.98. The van der Waals surface area contributed by atoms with E-state index in [1.54, 1.807) is 25.6 Å². The van der Waals surface area contributed by atoms with Crippen molar-refractivity contribution in [2.24, 2.45) is 0 Å². The van der Waals surface area contributed by atoms with Gasteiger partial charge in [0, 0.05) is 31.6 Å². The zero-order valence-electron chi connectivity index (χ0n) is 17.9. The Kier molecular flexibility index (Phi) is 6.82. The molecule has 4 rings (SSSR count). The summed E-state index contributed by atoms with van der Waals surface area (Å²) in [6, 6.07) is 4.81. The number of methoxy groups -OCH3 is 1. The Bertz CT molecular complexity index is 913. The fourth-order valence-corrected chi connectivity index (χ4v) is 4.55. The number of aromatic nitrogens is 1. The van der Waals surface area contributed by atoms with E-state index in [9.17, 15) is 9.59 Å². The molecule has 7 heteroatoms. The molecule has 0 saturated carbocycles. The van der Waals surface area contributed by atoms with E-state index in [1.807, 2.05) is 6.07 Å². The number of benzene rings is 1. The second-order valence-electron chi connectivity index (χ2n) is 8.11. The maximum Gasteiger partial charge on any atom is 0.329 e. The second kappa shape index (κ2) is 9.92. The Balaban J connectivity index is 1.49. The maximum absolute atomic E-state index is 13.0. The number of carbonyl (C=O) groups is 2. The summed E-state index contributed by atoms with van der Waals surface area (Å²) in [4.78, 5) is 29.7. The molecule has 2 aliphatic carbocycles. The number of hydrogen-bond donors (Lipinski definition) is 2. The molecule has 31 heavy (non-hydrogen) atoms. The van der Waals surface area contributed by atoms with E-state index in [0.29, 0.717) is 13.0 Å². The topological polar surface area (TPSA) is 89.6 Å². The van der Waals surface area contributed by atoms with Crippen LogP contribution in [0.15, 0.2) is 30.6 Å². The number of esters is 1.